The number of aryl methyl sites for hydroxylation is 1. The lowest BCUT2D eigenvalue weighted by Crippen LogP contribution is -2.08. The first-order chi connectivity index (χ1) is 9.16. The van der Waals surface area contributed by atoms with Crippen LogP contribution in [0.25, 0.3) is 0 Å². The van der Waals surface area contributed by atoms with E-state index in [9.17, 15) is 9.90 Å². The molecule has 0 bridgehead atoms. The third kappa shape index (κ3) is 2.25. The van der Waals surface area contributed by atoms with Crippen LogP contribution in [0.1, 0.15) is 27.6 Å². The Morgan fingerprint density at radius 3 is 2.47 bits per heavy atom. The highest BCUT2D eigenvalue weighted by Gasteiger charge is 2.46. The molecule has 0 amide bonds. The van der Waals surface area contributed by atoms with Gasteiger partial charge in [0, 0.05) is 0 Å². The van der Waals surface area contributed by atoms with Gasteiger partial charge >= 0.3 is 0 Å². The molecule has 2 atom stereocenters. The van der Waals surface area contributed by atoms with E-state index in [1.807, 2.05) is 31.2 Å². The molecular formula is C16H14O3. The topological polar surface area (TPSA) is 49.8 Å². The van der Waals surface area contributed by atoms with Crippen LogP contribution in [0.4, 0.5) is 0 Å². The number of ether oxygens (including phenoxy) is 1. The molecule has 1 heterocycles. The van der Waals surface area contributed by atoms with Gasteiger partial charge in [-0.25, -0.2) is 0 Å². The van der Waals surface area contributed by atoms with E-state index in [0.717, 1.165) is 5.56 Å². The van der Waals surface area contributed by atoms with Gasteiger partial charge in [-0.15, -0.1) is 0 Å². The number of rotatable bonds is 3. The predicted molar refractivity (Wildman–Crippen MR) is 71.2 cm³/mol. The first-order valence-electron chi connectivity index (χ1n) is 6.21. The molecule has 3 nitrogen and oxygen atoms in total. The molecule has 0 spiro atoms. The zero-order chi connectivity index (χ0) is 13.4. The van der Waals surface area contributed by atoms with E-state index in [2.05, 4.69) is 0 Å². The second-order valence-electron chi connectivity index (χ2n) is 4.77. The summed E-state index contributed by atoms with van der Waals surface area (Å²) >= 11 is 0. The highest BCUT2D eigenvalue weighted by atomic mass is 16.6. The second kappa shape index (κ2) is 4.52. The maximum atomic E-state index is 12.2. The zero-order valence-corrected chi connectivity index (χ0v) is 10.5. The lowest BCUT2D eigenvalue weighted by atomic mass is 10.0. The summed E-state index contributed by atoms with van der Waals surface area (Å²) in [6.45, 7) is 2.02. The Kier molecular flexibility index (Phi) is 2.84. The number of hydrogen-bond donors (Lipinski definition) is 1. The van der Waals surface area contributed by atoms with Crippen LogP contribution < -0.4 is 0 Å². The predicted octanol–water partition coefficient (Wildman–Crippen LogP) is 3.02. The van der Waals surface area contributed by atoms with Crippen LogP contribution in [0.5, 0.6) is 5.75 Å². The minimum absolute atomic E-state index is 0.00524. The van der Waals surface area contributed by atoms with Crippen molar-refractivity contribution in [2.45, 2.75) is 19.1 Å². The van der Waals surface area contributed by atoms with Crippen LogP contribution in [0, 0.1) is 6.92 Å². The average molecular weight is 254 g/mol. The van der Waals surface area contributed by atoms with Gasteiger partial charge in [-0.3, -0.25) is 4.79 Å². The van der Waals surface area contributed by atoms with E-state index in [1.165, 1.54) is 11.6 Å². The number of carbonyl (C=O) groups excluding carboxylic acids is 1. The highest BCUT2D eigenvalue weighted by Crippen LogP contribution is 2.41. The minimum Gasteiger partial charge on any atom is -0.507 e. The highest BCUT2D eigenvalue weighted by molar-refractivity contribution is 6.03. The molecular weight excluding hydrogens is 240 g/mol. The third-order valence-corrected chi connectivity index (χ3v) is 3.33. The maximum Gasteiger partial charge on any atom is 0.198 e. The van der Waals surface area contributed by atoms with E-state index in [-0.39, 0.29) is 17.6 Å². The summed E-state index contributed by atoms with van der Waals surface area (Å²) in [6, 6.07) is 14.5. The molecule has 96 valence electrons. The van der Waals surface area contributed by atoms with Crippen LogP contribution in [0.3, 0.4) is 0 Å². The number of phenols is 1. The van der Waals surface area contributed by atoms with Crippen molar-refractivity contribution in [3.63, 3.8) is 0 Å². The Balaban J connectivity index is 1.78. The molecule has 0 aliphatic carbocycles. The largest absolute Gasteiger partial charge is 0.507 e. The number of ketones is 1. The number of phenolic OH excluding ortho intramolecular Hbond substituents is 1. The molecule has 0 aromatic heterocycles. The van der Waals surface area contributed by atoms with E-state index >= 15 is 0 Å². The van der Waals surface area contributed by atoms with Crippen LogP contribution in [0.2, 0.25) is 0 Å². The van der Waals surface area contributed by atoms with Gasteiger partial charge in [-0.2, -0.15) is 0 Å². The Morgan fingerprint density at radius 1 is 1.11 bits per heavy atom. The number of hydrogen-bond acceptors (Lipinski definition) is 3. The fraction of sp³-hybridized carbons (Fsp3) is 0.188. The summed E-state index contributed by atoms with van der Waals surface area (Å²) in [6.07, 6.45) is -0.663. The lowest BCUT2D eigenvalue weighted by molar-refractivity contribution is 0.0951. The molecule has 0 radical (unpaired) electrons. The van der Waals surface area contributed by atoms with Crippen molar-refractivity contribution in [1.29, 1.82) is 0 Å². The van der Waals surface area contributed by atoms with Gasteiger partial charge in [0.2, 0.25) is 0 Å². The Labute approximate surface area is 111 Å². The van der Waals surface area contributed by atoms with E-state index < -0.39 is 6.10 Å². The van der Waals surface area contributed by atoms with Gasteiger partial charge in [0.25, 0.3) is 0 Å². The number of carbonyl (C=O) groups is 1. The lowest BCUT2D eigenvalue weighted by Gasteiger charge is -2.01. The normalized spacial score (nSPS) is 21.1. The molecule has 3 rings (SSSR count). The molecule has 0 saturated carbocycles. The Bertz CT molecular complexity index is 616. The van der Waals surface area contributed by atoms with E-state index in [4.69, 9.17) is 4.74 Å². The molecule has 1 aliphatic rings. The number of benzene rings is 2. The van der Waals surface area contributed by atoms with E-state index in [0.29, 0.717) is 5.56 Å². The quantitative estimate of drug-likeness (QED) is 0.676. The Hall–Kier alpha value is -2.13. The van der Waals surface area contributed by atoms with Crippen LogP contribution in [-0.4, -0.2) is 17.0 Å². The summed E-state index contributed by atoms with van der Waals surface area (Å²) in [7, 11) is 0. The summed E-state index contributed by atoms with van der Waals surface area (Å²) < 4.78 is 5.45. The molecule has 1 aliphatic heterocycles. The van der Waals surface area contributed by atoms with Crippen LogP contribution in [-0.2, 0) is 4.74 Å². The zero-order valence-electron chi connectivity index (χ0n) is 10.5. The number of aromatic hydroxyl groups is 1. The molecule has 3 heteroatoms. The Morgan fingerprint density at radius 2 is 1.79 bits per heavy atom. The van der Waals surface area contributed by atoms with Gasteiger partial charge in [-0.05, 0) is 24.6 Å². The van der Waals surface area contributed by atoms with Crippen LogP contribution in [0.15, 0.2) is 48.5 Å². The summed E-state index contributed by atoms with van der Waals surface area (Å²) in [4.78, 5) is 12.2. The monoisotopic (exact) mass is 254 g/mol. The first kappa shape index (κ1) is 11.9. The molecule has 19 heavy (non-hydrogen) atoms. The second-order valence-corrected chi connectivity index (χ2v) is 4.77. The minimum atomic E-state index is -0.476. The molecule has 2 aromatic rings. The molecule has 1 fully saturated rings. The summed E-state index contributed by atoms with van der Waals surface area (Å²) in [5, 5.41) is 9.67. The van der Waals surface area contributed by atoms with Crippen molar-refractivity contribution in [2.24, 2.45) is 0 Å². The summed E-state index contributed by atoms with van der Waals surface area (Å²) in [5.41, 5.74) is 2.49. The number of para-hydroxylation sites is 1. The van der Waals surface area contributed by atoms with Crippen molar-refractivity contribution in [3.8, 4) is 5.75 Å². The number of Topliss-reactive ketones (excluding diaryl/α,β-unsaturated/α-hetero) is 1. The van der Waals surface area contributed by atoms with Crippen molar-refractivity contribution >= 4 is 5.78 Å². The molecule has 2 aromatic carbocycles. The van der Waals surface area contributed by atoms with Gasteiger partial charge in [0.15, 0.2) is 11.9 Å². The third-order valence-electron chi connectivity index (χ3n) is 3.33. The maximum absolute atomic E-state index is 12.2. The SMILES string of the molecule is Cc1ccc(C2OC2C(=O)c2ccccc2O)cc1. The van der Waals surface area contributed by atoms with Crippen molar-refractivity contribution in [2.75, 3.05) is 0 Å². The first-order valence-corrected chi connectivity index (χ1v) is 6.21. The van der Waals surface area contributed by atoms with Crippen molar-refractivity contribution < 1.29 is 14.6 Å². The molecule has 1 saturated heterocycles. The number of epoxide rings is 1. The van der Waals surface area contributed by atoms with Gasteiger partial charge in [0.1, 0.15) is 11.9 Å². The van der Waals surface area contributed by atoms with Gasteiger partial charge in [0.05, 0.1) is 5.56 Å². The average Bonchev–Trinajstić information content (AvgIpc) is 3.20. The fourth-order valence-electron chi connectivity index (χ4n) is 2.16. The summed E-state index contributed by atoms with van der Waals surface area (Å²) in [5.74, 6) is -0.158. The van der Waals surface area contributed by atoms with Crippen molar-refractivity contribution in [1.82, 2.24) is 0 Å². The van der Waals surface area contributed by atoms with E-state index in [1.54, 1.807) is 18.2 Å². The van der Waals surface area contributed by atoms with Gasteiger partial charge in [-0.1, -0.05) is 42.0 Å². The van der Waals surface area contributed by atoms with Crippen molar-refractivity contribution in [3.05, 3.63) is 65.2 Å². The molecule has 2 unspecified atom stereocenters. The van der Waals surface area contributed by atoms with Gasteiger partial charge < -0.3 is 9.84 Å². The molecule has 1 N–H and O–H groups in total. The smallest absolute Gasteiger partial charge is 0.198 e. The fourth-order valence-corrected chi connectivity index (χ4v) is 2.16. The van der Waals surface area contributed by atoms with Crippen LogP contribution >= 0.6 is 0 Å². The standard InChI is InChI=1S/C16H14O3/c1-10-6-8-11(9-7-10)15-16(19-15)14(18)12-4-2-3-5-13(12)17/h2-9,15-17H,1H3.